The highest BCUT2D eigenvalue weighted by atomic mass is 16.6. The molecule has 0 fully saturated rings. The van der Waals surface area contributed by atoms with Gasteiger partial charge in [0.15, 0.2) is 12.4 Å². The number of hydrogen-bond donors (Lipinski definition) is 0. The van der Waals surface area contributed by atoms with Crippen molar-refractivity contribution < 1.29 is 14.3 Å². The van der Waals surface area contributed by atoms with Crippen LogP contribution in [0.15, 0.2) is 42.7 Å². The molecule has 0 bridgehead atoms. The van der Waals surface area contributed by atoms with Gasteiger partial charge in [0.2, 0.25) is 12.3 Å². The van der Waals surface area contributed by atoms with Crippen LogP contribution in [0, 0.1) is 24.0 Å². The largest absolute Gasteiger partial charge is 0.287 e. The maximum atomic E-state index is 12.1. The van der Waals surface area contributed by atoms with Crippen molar-refractivity contribution in [2.24, 2.45) is 0 Å². The molecule has 2 aromatic rings. The molecule has 0 saturated carbocycles. The molecule has 1 aromatic heterocycles. The van der Waals surface area contributed by atoms with Crippen molar-refractivity contribution in [3.8, 4) is 0 Å². The topological polar surface area (TPSA) is 64.1 Å². The number of nitro benzene ring substituents is 1. The molecule has 0 saturated heterocycles. The molecule has 0 aliphatic rings. The highest BCUT2D eigenvalue weighted by Crippen LogP contribution is 2.19. The third-order valence-corrected chi connectivity index (χ3v) is 3.11. The SMILES string of the molecule is Cc1cc[n+](CC(=O)c2ccc(C)c([N+](=O)[O-])c2)cc1. The highest BCUT2D eigenvalue weighted by molar-refractivity contribution is 5.95. The zero-order valence-electron chi connectivity index (χ0n) is 11.4. The normalized spacial score (nSPS) is 10.3. The van der Waals surface area contributed by atoms with Crippen LogP contribution in [0.25, 0.3) is 0 Å². The molecule has 102 valence electrons. The average molecular weight is 271 g/mol. The number of nitrogens with zero attached hydrogens (tertiary/aromatic N) is 2. The Morgan fingerprint density at radius 3 is 2.45 bits per heavy atom. The van der Waals surface area contributed by atoms with Gasteiger partial charge in [-0.2, -0.15) is 4.57 Å². The van der Waals surface area contributed by atoms with E-state index in [1.807, 2.05) is 31.5 Å². The molecule has 0 radical (unpaired) electrons. The molecule has 0 N–H and O–H groups in total. The number of Topliss-reactive ketones (excluding diaryl/α,β-unsaturated/α-hetero) is 1. The van der Waals surface area contributed by atoms with E-state index in [1.54, 1.807) is 23.6 Å². The van der Waals surface area contributed by atoms with Crippen LogP contribution in [0.1, 0.15) is 21.5 Å². The Bertz CT molecular complexity index is 663. The van der Waals surface area contributed by atoms with Crippen molar-refractivity contribution in [3.63, 3.8) is 0 Å². The van der Waals surface area contributed by atoms with E-state index in [2.05, 4.69) is 0 Å². The second-order valence-electron chi connectivity index (χ2n) is 4.73. The number of aromatic nitrogens is 1. The van der Waals surface area contributed by atoms with Crippen molar-refractivity contribution in [1.82, 2.24) is 0 Å². The molecule has 20 heavy (non-hydrogen) atoms. The van der Waals surface area contributed by atoms with Gasteiger partial charge in [0.25, 0.3) is 5.69 Å². The lowest BCUT2D eigenvalue weighted by Crippen LogP contribution is -2.37. The van der Waals surface area contributed by atoms with Crippen molar-refractivity contribution in [3.05, 3.63) is 69.5 Å². The maximum Gasteiger partial charge on any atom is 0.273 e. The van der Waals surface area contributed by atoms with E-state index in [0.29, 0.717) is 11.1 Å². The van der Waals surface area contributed by atoms with Crippen LogP contribution in [0.4, 0.5) is 5.69 Å². The number of hydrogen-bond acceptors (Lipinski definition) is 3. The van der Waals surface area contributed by atoms with Gasteiger partial charge in [-0.15, -0.1) is 0 Å². The van der Waals surface area contributed by atoms with E-state index in [9.17, 15) is 14.9 Å². The molecule has 1 heterocycles. The molecule has 2 rings (SSSR count). The molecule has 0 unspecified atom stereocenters. The van der Waals surface area contributed by atoms with Gasteiger partial charge in [0.1, 0.15) is 0 Å². The lowest BCUT2D eigenvalue weighted by molar-refractivity contribution is -0.683. The number of carbonyl (C=O) groups is 1. The number of rotatable bonds is 4. The Morgan fingerprint density at radius 1 is 1.20 bits per heavy atom. The van der Waals surface area contributed by atoms with Gasteiger partial charge in [-0.05, 0) is 19.4 Å². The Hall–Kier alpha value is -2.56. The van der Waals surface area contributed by atoms with Crippen molar-refractivity contribution in [2.75, 3.05) is 0 Å². The van der Waals surface area contributed by atoms with E-state index in [0.717, 1.165) is 5.56 Å². The van der Waals surface area contributed by atoms with Gasteiger partial charge >= 0.3 is 0 Å². The lowest BCUT2D eigenvalue weighted by atomic mass is 10.1. The first-order chi connectivity index (χ1) is 9.47. The number of carbonyl (C=O) groups excluding carboxylic acids is 1. The third-order valence-electron chi connectivity index (χ3n) is 3.11. The fourth-order valence-electron chi connectivity index (χ4n) is 1.87. The monoisotopic (exact) mass is 271 g/mol. The standard InChI is InChI=1S/C15H15N2O3/c1-11-5-7-16(8-6-11)10-15(18)13-4-3-12(2)14(9-13)17(19)20/h3-9H,10H2,1-2H3/q+1. The quantitative estimate of drug-likeness (QED) is 0.371. The van der Waals surface area contributed by atoms with Crippen LogP contribution in [0.3, 0.4) is 0 Å². The summed E-state index contributed by atoms with van der Waals surface area (Å²) in [5.74, 6) is -0.151. The van der Waals surface area contributed by atoms with Crippen LogP contribution >= 0.6 is 0 Å². The van der Waals surface area contributed by atoms with Crippen LogP contribution < -0.4 is 4.57 Å². The molecule has 0 amide bonds. The Kier molecular flexibility index (Phi) is 3.89. The summed E-state index contributed by atoms with van der Waals surface area (Å²) in [6, 6.07) is 8.38. The van der Waals surface area contributed by atoms with E-state index in [-0.39, 0.29) is 18.0 Å². The van der Waals surface area contributed by atoms with E-state index < -0.39 is 4.92 Å². The zero-order chi connectivity index (χ0) is 14.7. The fourth-order valence-corrected chi connectivity index (χ4v) is 1.87. The van der Waals surface area contributed by atoms with Crippen LogP contribution in [0.5, 0.6) is 0 Å². The predicted molar refractivity (Wildman–Crippen MR) is 73.5 cm³/mol. The molecule has 5 nitrogen and oxygen atoms in total. The average Bonchev–Trinajstić information content (AvgIpc) is 2.41. The number of pyridine rings is 1. The smallest absolute Gasteiger partial charge is 0.273 e. The van der Waals surface area contributed by atoms with Gasteiger partial charge in [0, 0.05) is 29.3 Å². The second kappa shape index (κ2) is 5.61. The Morgan fingerprint density at radius 2 is 1.85 bits per heavy atom. The molecule has 1 aromatic carbocycles. The minimum Gasteiger partial charge on any atom is -0.287 e. The first-order valence-corrected chi connectivity index (χ1v) is 6.21. The van der Waals surface area contributed by atoms with Crippen molar-refractivity contribution >= 4 is 11.5 Å². The second-order valence-corrected chi connectivity index (χ2v) is 4.73. The minimum atomic E-state index is -0.467. The van der Waals surface area contributed by atoms with Crippen LogP contribution in [-0.2, 0) is 6.54 Å². The molecular formula is C15H15N2O3+. The first-order valence-electron chi connectivity index (χ1n) is 6.21. The van der Waals surface area contributed by atoms with Crippen LogP contribution in [0.2, 0.25) is 0 Å². The molecule has 0 spiro atoms. The Balaban J connectivity index is 2.23. The third kappa shape index (κ3) is 3.06. The van der Waals surface area contributed by atoms with Gasteiger partial charge in [-0.25, -0.2) is 0 Å². The van der Waals surface area contributed by atoms with Crippen molar-refractivity contribution in [1.29, 1.82) is 0 Å². The minimum absolute atomic E-state index is 0.0234. The van der Waals surface area contributed by atoms with Gasteiger partial charge in [0.05, 0.1) is 4.92 Å². The van der Waals surface area contributed by atoms with E-state index in [1.165, 1.54) is 6.07 Å². The summed E-state index contributed by atoms with van der Waals surface area (Å²) in [7, 11) is 0. The highest BCUT2D eigenvalue weighted by Gasteiger charge is 2.17. The molecule has 0 aliphatic heterocycles. The first kappa shape index (κ1) is 13.9. The van der Waals surface area contributed by atoms with Crippen molar-refractivity contribution in [2.45, 2.75) is 20.4 Å². The maximum absolute atomic E-state index is 12.1. The summed E-state index contributed by atoms with van der Waals surface area (Å²) in [5, 5.41) is 10.9. The number of ketones is 1. The fraction of sp³-hybridized carbons (Fsp3) is 0.200. The summed E-state index contributed by atoms with van der Waals surface area (Å²) in [6.07, 6.45) is 3.63. The molecule has 0 aliphatic carbocycles. The van der Waals surface area contributed by atoms with Crippen LogP contribution in [-0.4, -0.2) is 10.7 Å². The number of aryl methyl sites for hydroxylation is 2. The van der Waals surface area contributed by atoms with Gasteiger partial charge < -0.3 is 0 Å². The predicted octanol–water partition coefficient (Wildman–Crippen LogP) is 2.38. The van der Waals surface area contributed by atoms with E-state index in [4.69, 9.17) is 0 Å². The van der Waals surface area contributed by atoms with Gasteiger partial charge in [-0.1, -0.05) is 12.1 Å². The summed E-state index contributed by atoms with van der Waals surface area (Å²) < 4.78 is 1.75. The molecule has 0 atom stereocenters. The Labute approximate surface area is 116 Å². The summed E-state index contributed by atoms with van der Waals surface area (Å²) in [5.41, 5.74) is 1.99. The summed E-state index contributed by atoms with van der Waals surface area (Å²) in [6.45, 7) is 3.79. The zero-order valence-corrected chi connectivity index (χ0v) is 11.4. The van der Waals surface area contributed by atoms with Gasteiger partial charge in [-0.3, -0.25) is 14.9 Å². The van der Waals surface area contributed by atoms with E-state index >= 15 is 0 Å². The lowest BCUT2D eigenvalue weighted by Gasteiger charge is -2.01. The number of nitro groups is 1. The summed E-state index contributed by atoms with van der Waals surface area (Å²) >= 11 is 0. The molecular weight excluding hydrogens is 256 g/mol. The molecule has 5 heteroatoms. The number of benzene rings is 1. The summed E-state index contributed by atoms with van der Waals surface area (Å²) in [4.78, 5) is 22.6.